The predicted molar refractivity (Wildman–Crippen MR) is 192 cm³/mol. The fourth-order valence-corrected chi connectivity index (χ4v) is 5.72. The molecule has 4 aromatic carbocycles. The number of benzene rings is 4. The fourth-order valence-electron chi connectivity index (χ4n) is 5.72. The van der Waals surface area contributed by atoms with Gasteiger partial charge in [0.2, 0.25) is 11.0 Å². The lowest BCUT2D eigenvalue weighted by atomic mass is 10.1. The van der Waals surface area contributed by atoms with Crippen molar-refractivity contribution in [2.45, 2.75) is 13.1 Å². The molecule has 0 atom stereocenters. The number of rotatable bonds is 10. The Kier molecular flexibility index (Phi) is 9.41. The maximum absolute atomic E-state index is 12.9. The van der Waals surface area contributed by atoms with Crippen molar-refractivity contribution in [1.29, 1.82) is 0 Å². The third-order valence-electron chi connectivity index (χ3n) is 8.18. The molecule has 50 heavy (non-hydrogen) atoms. The average molecular weight is 657 g/mol. The van der Waals surface area contributed by atoms with Crippen LogP contribution in [0.25, 0.3) is 21.8 Å². The highest BCUT2D eigenvalue weighted by Crippen LogP contribution is 2.16. The van der Waals surface area contributed by atoms with Crippen LogP contribution in [-0.2, 0) is 13.1 Å². The van der Waals surface area contributed by atoms with E-state index in [-0.39, 0.29) is 11.4 Å². The summed E-state index contributed by atoms with van der Waals surface area (Å²) >= 11 is 0. The van der Waals surface area contributed by atoms with Crippen LogP contribution in [0.2, 0.25) is 0 Å². The zero-order chi connectivity index (χ0) is 34.1. The Morgan fingerprint density at radius 1 is 0.560 bits per heavy atom. The van der Waals surface area contributed by atoms with E-state index < -0.39 is 11.8 Å². The molecule has 7 aromatic rings. The van der Waals surface area contributed by atoms with Gasteiger partial charge < -0.3 is 0 Å². The minimum absolute atomic E-state index is 0.0121. The van der Waals surface area contributed by atoms with Crippen LogP contribution in [0.4, 0.5) is 0 Å². The summed E-state index contributed by atoms with van der Waals surface area (Å²) in [5.41, 5.74) is 11.1. The van der Waals surface area contributed by atoms with E-state index >= 15 is 0 Å². The zero-order valence-electron chi connectivity index (χ0n) is 26.9. The average Bonchev–Trinajstić information content (AvgIpc) is 3.17. The van der Waals surface area contributed by atoms with Crippen molar-refractivity contribution in [2.75, 3.05) is 0 Å². The molecular weight excluding hydrogens is 624 g/mol. The van der Waals surface area contributed by atoms with Crippen LogP contribution in [0.15, 0.2) is 156 Å². The van der Waals surface area contributed by atoms with Crippen molar-refractivity contribution in [3.8, 4) is 0 Å². The van der Waals surface area contributed by atoms with E-state index in [9.17, 15) is 9.59 Å². The first-order valence-corrected chi connectivity index (χ1v) is 16.0. The number of aromatic nitrogens is 4. The summed E-state index contributed by atoms with van der Waals surface area (Å²) in [6.45, 7) is 1.45. The van der Waals surface area contributed by atoms with Crippen molar-refractivity contribution in [3.63, 3.8) is 0 Å². The van der Waals surface area contributed by atoms with Gasteiger partial charge in [-0.25, -0.2) is 20.8 Å². The number of nitrogens with one attached hydrogen (secondary N) is 2. The standard InChI is InChI=1S/C40H30N8O2/c49-39(45-43-24-31-19-21-47(26-29-11-3-1-4-12-29)37-17-9-7-15-33(31)37)35-23-36(42-28-41-35)40(50)46-44-25-32-20-22-48(27-30-13-5-2-6-14-30)38-18-10-8-16-34(32)38/h1-25,28H,26-27H2/p+2. The van der Waals surface area contributed by atoms with Gasteiger partial charge in [-0.05, 0) is 12.1 Å². The molecule has 0 unspecified atom stereocenters. The van der Waals surface area contributed by atoms with Crippen LogP contribution in [0, 0.1) is 0 Å². The van der Waals surface area contributed by atoms with Crippen LogP contribution >= 0.6 is 0 Å². The van der Waals surface area contributed by atoms with Crippen LogP contribution in [-0.4, -0.2) is 34.2 Å². The number of carbonyl (C=O) groups excluding carboxylic acids is 2. The lowest BCUT2D eigenvalue weighted by molar-refractivity contribution is -0.662. The fraction of sp³-hybridized carbons (Fsp3) is 0.0500. The molecule has 0 aliphatic carbocycles. The topological polar surface area (TPSA) is 116 Å². The Labute approximate surface area is 288 Å². The van der Waals surface area contributed by atoms with Gasteiger partial charge in [0.15, 0.2) is 25.5 Å². The maximum Gasteiger partial charge on any atom is 0.290 e. The largest absolute Gasteiger partial charge is 0.290 e. The Morgan fingerprint density at radius 3 is 1.44 bits per heavy atom. The second kappa shape index (κ2) is 14.9. The molecule has 2 amide bonds. The number of pyridine rings is 2. The molecule has 0 saturated heterocycles. The second-order valence-corrected chi connectivity index (χ2v) is 11.5. The van der Waals surface area contributed by atoms with Crippen LogP contribution in [0.5, 0.6) is 0 Å². The van der Waals surface area contributed by atoms with Crippen LogP contribution in [0.3, 0.4) is 0 Å². The first-order chi connectivity index (χ1) is 24.6. The summed E-state index contributed by atoms with van der Waals surface area (Å²) in [4.78, 5) is 33.9. The summed E-state index contributed by atoms with van der Waals surface area (Å²) in [6, 6.07) is 41.7. The highest BCUT2D eigenvalue weighted by molar-refractivity contribution is 6.00. The van der Waals surface area contributed by atoms with Gasteiger partial charge in [0.25, 0.3) is 11.8 Å². The molecule has 0 radical (unpaired) electrons. The van der Waals surface area contributed by atoms with E-state index in [2.05, 4.69) is 76.6 Å². The highest BCUT2D eigenvalue weighted by Gasteiger charge is 2.15. The molecule has 0 bridgehead atoms. The van der Waals surface area contributed by atoms with Crippen molar-refractivity contribution in [3.05, 3.63) is 180 Å². The van der Waals surface area contributed by atoms with Crippen LogP contribution in [0.1, 0.15) is 43.2 Å². The minimum Gasteiger partial charge on any atom is -0.266 e. The second-order valence-electron chi connectivity index (χ2n) is 11.5. The number of amides is 2. The third-order valence-corrected chi connectivity index (χ3v) is 8.18. The quantitative estimate of drug-likeness (QED) is 0.123. The Balaban J connectivity index is 1.00. The molecule has 0 spiro atoms. The number of carbonyl (C=O) groups is 2. The first-order valence-electron chi connectivity index (χ1n) is 16.0. The molecular formula is C40H32N8O2+2. The number of fused-ring (bicyclic) bond motifs is 2. The predicted octanol–water partition coefficient (Wildman–Crippen LogP) is 4.98. The van der Waals surface area contributed by atoms with Gasteiger partial charge in [0, 0.05) is 52.6 Å². The van der Waals surface area contributed by atoms with Gasteiger partial charge in [0.1, 0.15) is 17.7 Å². The van der Waals surface area contributed by atoms with E-state index in [1.807, 2.05) is 97.3 Å². The summed E-state index contributed by atoms with van der Waals surface area (Å²) < 4.78 is 4.34. The van der Waals surface area contributed by atoms with Gasteiger partial charge in [-0.2, -0.15) is 19.3 Å². The van der Waals surface area contributed by atoms with Gasteiger partial charge in [-0.15, -0.1) is 0 Å². The van der Waals surface area contributed by atoms with E-state index in [1.165, 1.54) is 17.2 Å². The number of para-hydroxylation sites is 2. The first kappa shape index (κ1) is 31.6. The normalized spacial score (nSPS) is 11.4. The number of hydrogen-bond donors (Lipinski definition) is 2. The third kappa shape index (κ3) is 7.29. The number of nitrogens with zero attached hydrogens (tertiary/aromatic N) is 6. The van der Waals surface area contributed by atoms with Gasteiger partial charge in [0.05, 0.1) is 23.2 Å². The number of hydrogen-bond acceptors (Lipinski definition) is 6. The SMILES string of the molecule is O=C(N/N=C/c1cc[n+](Cc2ccccc2)c2ccccc12)c1cc(C(=O)N/N=C/c2cc[n+](Cc3ccccc3)c3ccccc23)ncn1. The van der Waals surface area contributed by atoms with Crippen molar-refractivity contribution in [2.24, 2.45) is 10.2 Å². The molecule has 242 valence electrons. The summed E-state index contributed by atoms with van der Waals surface area (Å²) in [5.74, 6) is -1.17. The zero-order valence-corrected chi connectivity index (χ0v) is 26.9. The lowest BCUT2D eigenvalue weighted by Gasteiger charge is -2.05. The molecule has 0 saturated carbocycles. The van der Waals surface area contributed by atoms with Crippen molar-refractivity contribution >= 4 is 46.0 Å². The minimum atomic E-state index is -0.583. The smallest absolute Gasteiger partial charge is 0.266 e. The summed E-state index contributed by atoms with van der Waals surface area (Å²) in [7, 11) is 0. The molecule has 2 N–H and O–H groups in total. The highest BCUT2D eigenvalue weighted by atomic mass is 16.2. The molecule has 0 aliphatic rings. The Hall–Kier alpha value is -6.94. The monoisotopic (exact) mass is 656 g/mol. The molecule has 0 fully saturated rings. The molecule has 0 aliphatic heterocycles. The van der Waals surface area contributed by atoms with Crippen LogP contribution < -0.4 is 20.0 Å². The van der Waals surface area contributed by atoms with Gasteiger partial charge in [-0.1, -0.05) is 84.9 Å². The van der Waals surface area contributed by atoms with E-state index in [0.29, 0.717) is 0 Å². The van der Waals surface area contributed by atoms with Gasteiger partial charge >= 0.3 is 0 Å². The summed E-state index contributed by atoms with van der Waals surface area (Å²) in [5, 5.41) is 10.3. The Bertz CT molecular complexity index is 2210. The lowest BCUT2D eigenvalue weighted by Crippen LogP contribution is -2.35. The van der Waals surface area contributed by atoms with E-state index in [4.69, 9.17) is 0 Å². The number of hydrazone groups is 2. The van der Waals surface area contributed by atoms with Crippen molar-refractivity contribution in [1.82, 2.24) is 20.8 Å². The van der Waals surface area contributed by atoms with Gasteiger partial charge in [-0.3, -0.25) is 9.59 Å². The molecule has 3 aromatic heterocycles. The molecule has 10 nitrogen and oxygen atoms in total. The maximum atomic E-state index is 12.9. The van der Waals surface area contributed by atoms with E-state index in [1.54, 1.807) is 12.4 Å². The molecule has 3 heterocycles. The summed E-state index contributed by atoms with van der Waals surface area (Å²) in [6.07, 6.45) is 8.33. The van der Waals surface area contributed by atoms with E-state index in [0.717, 1.165) is 52.3 Å². The Morgan fingerprint density at radius 2 is 0.980 bits per heavy atom. The van der Waals surface area contributed by atoms with Crippen molar-refractivity contribution < 1.29 is 18.7 Å². The molecule has 10 heteroatoms. The molecule has 7 rings (SSSR count).